The van der Waals surface area contributed by atoms with Crippen molar-refractivity contribution in [3.63, 3.8) is 0 Å². The summed E-state index contributed by atoms with van der Waals surface area (Å²) in [6, 6.07) is 20.4. The first-order chi connectivity index (χ1) is 17.3. The number of piperidine rings is 1. The maximum absolute atomic E-state index is 12.9. The molecular formula is C29H29F3N4. The molecule has 1 saturated carbocycles. The third kappa shape index (κ3) is 4.09. The Morgan fingerprint density at radius 3 is 2.53 bits per heavy atom. The van der Waals surface area contributed by atoms with Crippen LogP contribution in [-0.2, 0) is 25.1 Å². The van der Waals surface area contributed by atoms with E-state index in [4.69, 9.17) is 0 Å². The molecule has 186 valence electrons. The second kappa shape index (κ2) is 8.73. The molecule has 0 N–H and O–H groups in total. The second-order valence-electron chi connectivity index (χ2n) is 10.4. The van der Waals surface area contributed by atoms with Crippen LogP contribution < -0.4 is 0 Å². The van der Waals surface area contributed by atoms with Gasteiger partial charge in [0, 0.05) is 37.5 Å². The van der Waals surface area contributed by atoms with Crippen LogP contribution >= 0.6 is 0 Å². The summed E-state index contributed by atoms with van der Waals surface area (Å²) >= 11 is 0. The fraction of sp³-hybridized carbons (Fsp3) is 0.379. The van der Waals surface area contributed by atoms with Crippen LogP contribution in [0.25, 0.3) is 22.2 Å². The van der Waals surface area contributed by atoms with E-state index in [1.165, 1.54) is 22.9 Å². The Balaban J connectivity index is 1.04. The van der Waals surface area contributed by atoms with E-state index in [2.05, 4.69) is 50.0 Å². The van der Waals surface area contributed by atoms with Crippen LogP contribution in [-0.4, -0.2) is 39.3 Å². The van der Waals surface area contributed by atoms with Gasteiger partial charge < -0.3 is 9.47 Å². The maximum Gasteiger partial charge on any atom is 0.416 e. The largest absolute Gasteiger partial charge is 0.416 e. The lowest BCUT2D eigenvalue weighted by atomic mass is 9.94. The van der Waals surface area contributed by atoms with Crippen LogP contribution in [0.3, 0.4) is 0 Å². The van der Waals surface area contributed by atoms with Gasteiger partial charge in [0.05, 0.1) is 5.56 Å². The second-order valence-corrected chi connectivity index (χ2v) is 10.4. The first-order valence-corrected chi connectivity index (χ1v) is 12.6. The fourth-order valence-electron chi connectivity index (χ4n) is 6.05. The zero-order valence-corrected chi connectivity index (χ0v) is 20.3. The predicted octanol–water partition coefficient (Wildman–Crippen LogP) is 6.25. The van der Waals surface area contributed by atoms with Gasteiger partial charge in [-0.2, -0.15) is 13.2 Å². The van der Waals surface area contributed by atoms with E-state index >= 15 is 0 Å². The van der Waals surface area contributed by atoms with Gasteiger partial charge >= 0.3 is 6.18 Å². The van der Waals surface area contributed by atoms with Gasteiger partial charge in [0.1, 0.15) is 5.82 Å². The molecule has 2 fully saturated rings. The van der Waals surface area contributed by atoms with Gasteiger partial charge in [-0.1, -0.05) is 54.6 Å². The van der Waals surface area contributed by atoms with Crippen molar-refractivity contribution in [2.75, 3.05) is 19.6 Å². The molecule has 6 rings (SSSR count). The van der Waals surface area contributed by atoms with Gasteiger partial charge in [0.15, 0.2) is 5.82 Å². The summed E-state index contributed by atoms with van der Waals surface area (Å²) in [6.07, 6.45) is -0.234. The first kappa shape index (κ1) is 23.2. The lowest BCUT2D eigenvalue weighted by molar-refractivity contribution is -0.137. The van der Waals surface area contributed by atoms with Crippen LogP contribution in [0, 0.1) is 5.92 Å². The lowest BCUT2D eigenvalue weighted by Crippen LogP contribution is -2.27. The summed E-state index contributed by atoms with van der Waals surface area (Å²) in [5, 5.41) is 11.4. The van der Waals surface area contributed by atoms with Crippen molar-refractivity contribution >= 4 is 10.8 Å². The number of unbranched alkanes of at least 4 members (excludes halogenated alkanes) is 1. The topological polar surface area (TPSA) is 34.0 Å². The minimum Gasteiger partial charge on any atom is -0.314 e. The van der Waals surface area contributed by atoms with Crippen molar-refractivity contribution in [2.45, 2.75) is 37.3 Å². The van der Waals surface area contributed by atoms with Crippen molar-refractivity contribution in [3.8, 4) is 11.4 Å². The molecule has 1 saturated heterocycles. The Labute approximate surface area is 208 Å². The van der Waals surface area contributed by atoms with Crippen LogP contribution in [0.5, 0.6) is 0 Å². The van der Waals surface area contributed by atoms with Crippen molar-refractivity contribution in [1.82, 2.24) is 19.7 Å². The molecule has 0 amide bonds. The molecule has 2 aliphatic rings. The number of hydrogen-bond donors (Lipinski definition) is 0. The Morgan fingerprint density at radius 1 is 0.944 bits per heavy atom. The van der Waals surface area contributed by atoms with Crippen LogP contribution in [0.4, 0.5) is 13.2 Å². The number of alkyl halides is 3. The van der Waals surface area contributed by atoms with Crippen LogP contribution in [0.2, 0.25) is 0 Å². The normalized spacial score (nSPS) is 21.7. The summed E-state index contributed by atoms with van der Waals surface area (Å²) in [5.41, 5.74) is 1.64. The highest BCUT2D eigenvalue weighted by Crippen LogP contribution is 2.59. The molecule has 0 bridgehead atoms. The van der Waals surface area contributed by atoms with Gasteiger partial charge in [-0.25, -0.2) is 0 Å². The molecule has 0 radical (unpaired) electrons. The summed E-state index contributed by atoms with van der Waals surface area (Å²) in [6.45, 7) is 2.99. The smallest absolute Gasteiger partial charge is 0.314 e. The van der Waals surface area contributed by atoms with Gasteiger partial charge in [0.2, 0.25) is 0 Å². The Morgan fingerprint density at radius 2 is 1.72 bits per heavy atom. The standard InChI is InChI=1S/C29H29F3N4/c1-35-26(33-34-27(35)25-10-6-8-20-7-2-3-9-24(20)25)11-4-5-16-36-18-23-17-28(23,19-36)21-12-14-22(15-13-21)29(30,31)32/h2-3,6-10,12-15,23H,4-5,11,16-19H2,1H3/t23-,28+/m0/s1. The van der Waals surface area contributed by atoms with Gasteiger partial charge in [-0.3, -0.25) is 0 Å². The molecule has 1 aliphatic carbocycles. The van der Waals surface area contributed by atoms with E-state index in [9.17, 15) is 13.2 Å². The average molecular weight is 491 g/mol. The molecule has 0 unspecified atom stereocenters. The summed E-state index contributed by atoms with van der Waals surface area (Å²) in [4.78, 5) is 2.48. The number of hydrogen-bond acceptors (Lipinski definition) is 3. The molecular weight excluding hydrogens is 461 g/mol. The number of aromatic nitrogens is 3. The summed E-state index contributed by atoms with van der Waals surface area (Å²) in [7, 11) is 2.04. The Kier molecular flexibility index (Phi) is 5.63. The SMILES string of the molecule is Cn1c(CCCCN2C[C@@H]3C[C@]3(c3ccc(C(F)(F)F)cc3)C2)nnc1-c1cccc2ccccc12. The minimum absolute atomic E-state index is 0.0566. The number of fused-ring (bicyclic) bond motifs is 2. The highest BCUT2D eigenvalue weighted by molar-refractivity contribution is 5.95. The van der Waals surface area contributed by atoms with Crippen molar-refractivity contribution < 1.29 is 13.2 Å². The number of likely N-dealkylation sites (tertiary alicyclic amines) is 1. The van der Waals surface area contributed by atoms with E-state index in [1.54, 1.807) is 12.1 Å². The highest BCUT2D eigenvalue weighted by Gasteiger charge is 2.60. The number of aryl methyl sites for hydroxylation is 1. The monoisotopic (exact) mass is 490 g/mol. The predicted molar refractivity (Wildman–Crippen MR) is 135 cm³/mol. The van der Waals surface area contributed by atoms with Crippen LogP contribution in [0.1, 0.15) is 36.2 Å². The Hall–Kier alpha value is -3.19. The van der Waals surface area contributed by atoms with Crippen molar-refractivity contribution in [2.24, 2.45) is 13.0 Å². The van der Waals surface area contributed by atoms with E-state index in [1.807, 2.05) is 19.2 Å². The fourth-order valence-corrected chi connectivity index (χ4v) is 6.05. The number of rotatable bonds is 7. The van der Waals surface area contributed by atoms with Gasteiger partial charge in [0.25, 0.3) is 0 Å². The third-order valence-electron chi connectivity index (χ3n) is 8.12. The molecule has 4 nitrogen and oxygen atoms in total. The van der Waals surface area contributed by atoms with Crippen LogP contribution in [0.15, 0.2) is 66.7 Å². The summed E-state index contributed by atoms with van der Waals surface area (Å²) in [5.74, 6) is 2.44. The highest BCUT2D eigenvalue weighted by atomic mass is 19.4. The van der Waals surface area contributed by atoms with Gasteiger partial charge in [-0.15, -0.1) is 10.2 Å². The van der Waals surface area contributed by atoms with E-state index in [0.29, 0.717) is 5.92 Å². The summed E-state index contributed by atoms with van der Waals surface area (Å²) < 4.78 is 40.9. The van der Waals surface area contributed by atoms with E-state index in [-0.39, 0.29) is 5.41 Å². The Bertz CT molecular complexity index is 1390. The molecule has 3 aromatic carbocycles. The number of nitrogens with zero attached hydrogens (tertiary/aromatic N) is 4. The van der Waals surface area contributed by atoms with E-state index < -0.39 is 11.7 Å². The van der Waals surface area contributed by atoms with Gasteiger partial charge in [-0.05, 0) is 60.2 Å². The molecule has 7 heteroatoms. The lowest BCUT2D eigenvalue weighted by Gasteiger charge is -2.21. The number of halogens is 3. The molecule has 2 atom stereocenters. The van der Waals surface area contributed by atoms with Crippen molar-refractivity contribution in [3.05, 3.63) is 83.7 Å². The molecule has 36 heavy (non-hydrogen) atoms. The molecule has 2 heterocycles. The van der Waals surface area contributed by atoms with E-state index in [0.717, 1.165) is 68.1 Å². The first-order valence-electron chi connectivity index (χ1n) is 12.6. The average Bonchev–Trinajstić information content (AvgIpc) is 3.25. The molecule has 4 aromatic rings. The number of benzene rings is 3. The third-order valence-corrected chi connectivity index (χ3v) is 8.12. The zero-order valence-electron chi connectivity index (χ0n) is 20.3. The molecule has 1 aliphatic heterocycles. The molecule has 1 aromatic heterocycles. The maximum atomic E-state index is 12.9. The van der Waals surface area contributed by atoms with Crippen molar-refractivity contribution in [1.29, 1.82) is 0 Å². The molecule has 0 spiro atoms. The zero-order chi connectivity index (χ0) is 24.9. The minimum atomic E-state index is -4.28. The quantitative estimate of drug-likeness (QED) is 0.287.